The van der Waals surface area contributed by atoms with Gasteiger partial charge >= 0.3 is 0 Å². The Morgan fingerprint density at radius 2 is 2.36 bits per heavy atom. The van der Waals surface area contributed by atoms with Gasteiger partial charge < -0.3 is 18.8 Å². The van der Waals surface area contributed by atoms with E-state index in [0.29, 0.717) is 12.5 Å². The van der Waals surface area contributed by atoms with Crippen molar-refractivity contribution < 1.29 is 18.7 Å². The number of likely N-dealkylation sites (tertiary alicyclic amines) is 1. The van der Waals surface area contributed by atoms with E-state index in [2.05, 4.69) is 6.92 Å². The van der Waals surface area contributed by atoms with E-state index in [-0.39, 0.29) is 24.7 Å². The van der Waals surface area contributed by atoms with Crippen molar-refractivity contribution in [2.24, 2.45) is 5.92 Å². The normalized spacial score (nSPS) is 29.0. The molecule has 5 heteroatoms. The van der Waals surface area contributed by atoms with Crippen LogP contribution in [-0.2, 0) is 14.3 Å². The zero-order valence-electron chi connectivity index (χ0n) is 13.2. The standard InChI is InChI=1S/C17H25NO4/c1-13-6-7-18(15(10-13)16-5-3-9-22-16)17(19)12-20-11-14-4-2-8-21-14/h3,5,9,13-15H,2,4,6-8,10-12H2,1H3. The summed E-state index contributed by atoms with van der Waals surface area (Å²) in [5, 5.41) is 0. The van der Waals surface area contributed by atoms with Crippen molar-refractivity contribution in [1.82, 2.24) is 4.90 Å². The van der Waals surface area contributed by atoms with Crippen LogP contribution in [-0.4, -0.2) is 43.3 Å². The smallest absolute Gasteiger partial charge is 0.249 e. The third kappa shape index (κ3) is 3.70. The number of ether oxygens (including phenoxy) is 2. The molecule has 0 spiro atoms. The second kappa shape index (κ2) is 7.29. The molecule has 0 N–H and O–H groups in total. The summed E-state index contributed by atoms with van der Waals surface area (Å²) in [4.78, 5) is 14.4. The van der Waals surface area contributed by atoms with Crippen LogP contribution in [0.4, 0.5) is 0 Å². The van der Waals surface area contributed by atoms with Crippen molar-refractivity contribution in [3.8, 4) is 0 Å². The molecule has 22 heavy (non-hydrogen) atoms. The minimum atomic E-state index is 0.0394. The Labute approximate surface area is 131 Å². The van der Waals surface area contributed by atoms with Gasteiger partial charge in [0.2, 0.25) is 5.91 Å². The van der Waals surface area contributed by atoms with Crippen molar-refractivity contribution in [2.45, 2.75) is 44.8 Å². The predicted octanol–water partition coefficient (Wildman–Crippen LogP) is 2.77. The molecule has 3 rings (SSSR count). The monoisotopic (exact) mass is 307 g/mol. The van der Waals surface area contributed by atoms with Gasteiger partial charge in [0.25, 0.3) is 0 Å². The first kappa shape index (κ1) is 15.6. The predicted molar refractivity (Wildman–Crippen MR) is 81.4 cm³/mol. The molecule has 3 unspecified atom stereocenters. The average Bonchev–Trinajstić information content (AvgIpc) is 3.20. The van der Waals surface area contributed by atoms with E-state index in [1.165, 1.54) is 0 Å². The summed E-state index contributed by atoms with van der Waals surface area (Å²) in [5.74, 6) is 1.53. The van der Waals surface area contributed by atoms with E-state index in [4.69, 9.17) is 13.9 Å². The van der Waals surface area contributed by atoms with Gasteiger partial charge in [-0.15, -0.1) is 0 Å². The van der Waals surface area contributed by atoms with Gasteiger partial charge in [0.05, 0.1) is 25.0 Å². The van der Waals surface area contributed by atoms with E-state index >= 15 is 0 Å². The van der Waals surface area contributed by atoms with Gasteiger partial charge in [-0.05, 0) is 43.7 Å². The number of nitrogens with zero attached hydrogens (tertiary/aromatic N) is 1. The van der Waals surface area contributed by atoms with Gasteiger partial charge in [-0.1, -0.05) is 6.92 Å². The maximum Gasteiger partial charge on any atom is 0.249 e. The van der Waals surface area contributed by atoms with Crippen molar-refractivity contribution in [1.29, 1.82) is 0 Å². The maximum absolute atomic E-state index is 12.5. The maximum atomic E-state index is 12.5. The molecule has 2 aliphatic rings. The van der Waals surface area contributed by atoms with E-state index < -0.39 is 0 Å². The van der Waals surface area contributed by atoms with Crippen molar-refractivity contribution in [2.75, 3.05) is 26.4 Å². The number of amides is 1. The van der Waals surface area contributed by atoms with Crippen molar-refractivity contribution in [3.05, 3.63) is 24.2 Å². The lowest BCUT2D eigenvalue weighted by Crippen LogP contribution is -2.42. The van der Waals surface area contributed by atoms with E-state index in [1.54, 1.807) is 6.26 Å². The molecule has 0 saturated carbocycles. The molecule has 1 aromatic heterocycles. The quantitative estimate of drug-likeness (QED) is 0.839. The highest BCUT2D eigenvalue weighted by Crippen LogP contribution is 2.34. The lowest BCUT2D eigenvalue weighted by atomic mass is 9.91. The third-order valence-corrected chi connectivity index (χ3v) is 4.61. The zero-order chi connectivity index (χ0) is 15.4. The SMILES string of the molecule is CC1CCN(C(=O)COCC2CCCO2)C(c2ccco2)C1. The molecule has 3 atom stereocenters. The number of piperidine rings is 1. The first-order chi connectivity index (χ1) is 10.7. The molecule has 1 aromatic rings. The van der Waals surface area contributed by atoms with Crippen LogP contribution in [0.5, 0.6) is 0 Å². The van der Waals surface area contributed by atoms with E-state index in [9.17, 15) is 4.79 Å². The summed E-state index contributed by atoms with van der Waals surface area (Å²) in [6, 6.07) is 3.87. The molecule has 2 fully saturated rings. The molecule has 0 aromatic carbocycles. The fraction of sp³-hybridized carbons (Fsp3) is 0.706. The number of carbonyl (C=O) groups excluding carboxylic acids is 1. The van der Waals surface area contributed by atoms with Crippen LogP contribution in [0.3, 0.4) is 0 Å². The number of rotatable bonds is 5. The summed E-state index contributed by atoms with van der Waals surface area (Å²) in [5.41, 5.74) is 0. The molecule has 3 heterocycles. The lowest BCUT2D eigenvalue weighted by Gasteiger charge is -2.37. The molecule has 2 aliphatic heterocycles. The summed E-state index contributed by atoms with van der Waals surface area (Å²) in [6.07, 6.45) is 5.94. The van der Waals surface area contributed by atoms with Crippen LogP contribution in [0.1, 0.15) is 44.4 Å². The summed E-state index contributed by atoms with van der Waals surface area (Å²) in [6.45, 7) is 4.46. The summed E-state index contributed by atoms with van der Waals surface area (Å²) < 4.78 is 16.6. The molecule has 0 radical (unpaired) electrons. The molecule has 1 amide bonds. The van der Waals surface area contributed by atoms with Gasteiger partial charge in [0.1, 0.15) is 12.4 Å². The number of furan rings is 1. The van der Waals surface area contributed by atoms with Gasteiger partial charge in [-0.2, -0.15) is 0 Å². The van der Waals surface area contributed by atoms with Crippen LogP contribution in [0.15, 0.2) is 22.8 Å². The van der Waals surface area contributed by atoms with Gasteiger partial charge in [-0.3, -0.25) is 4.79 Å². The van der Waals surface area contributed by atoms with Crippen molar-refractivity contribution in [3.63, 3.8) is 0 Å². The fourth-order valence-electron chi connectivity index (χ4n) is 3.33. The van der Waals surface area contributed by atoms with Crippen LogP contribution in [0, 0.1) is 5.92 Å². The second-order valence-electron chi connectivity index (χ2n) is 6.40. The second-order valence-corrected chi connectivity index (χ2v) is 6.40. The molecule has 5 nitrogen and oxygen atoms in total. The highest BCUT2D eigenvalue weighted by molar-refractivity contribution is 5.78. The largest absolute Gasteiger partial charge is 0.467 e. The Morgan fingerprint density at radius 3 is 3.09 bits per heavy atom. The number of carbonyl (C=O) groups is 1. The fourth-order valence-corrected chi connectivity index (χ4v) is 3.33. The molecule has 122 valence electrons. The Morgan fingerprint density at radius 1 is 1.45 bits per heavy atom. The van der Waals surface area contributed by atoms with Crippen LogP contribution >= 0.6 is 0 Å². The Balaban J connectivity index is 1.54. The number of hydrogen-bond donors (Lipinski definition) is 0. The highest BCUT2D eigenvalue weighted by Gasteiger charge is 2.32. The Kier molecular flexibility index (Phi) is 5.16. The van der Waals surface area contributed by atoms with Crippen LogP contribution in [0.25, 0.3) is 0 Å². The molecular weight excluding hydrogens is 282 g/mol. The average molecular weight is 307 g/mol. The van der Waals surface area contributed by atoms with Crippen LogP contribution < -0.4 is 0 Å². The molecule has 2 saturated heterocycles. The van der Waals surface area contributed by atoms with E-state index in [1.807, 2.05) is 17.0 Å². The zero-order valence-corrected chi connectivity index (χ0v) is 13.2. The Hall–Kier alpha value is -1.33. The van der Waals surface area contributed by atoms with Gasteiger partial charge in [-0.25, -0.2) is 0 Å². The first-order valence-corrected chi connectivity index (χ1v) is 8.26. The summed E-state index contributed by atoms with van der Waals surface area (Å²) >= 11 is 0. The minimum Gasteiger partial charge on any atom is -0.467 e. The molecule has 0 aliphatic carbocycles. The lowest BCUT2D eigenvalue weighted by molar-refractivity contribution is -0.142. The topological polar surface area (TPSA) is 51.9 Å². The van der Waals surface area contributed by atoms with E-state index in [0.717, 1.165) is 44.6 Å². The summed E-state index contributed by atoms with van der Waals surface area (Å²) in [7, 11) is 0. The van der Waals surface area contributed by atoms with Gasteiger partial charge in [0.15, 0.2) is 0 Å². The minimum absolute atomic E-state index is 0.0394. The number of hydrogen-bond acceptors (Lipinski definition) is 4. The van der Waals surface area contributed by atoms with Crippen molar-refractivity contribution >= 4 is 5.91 Å². The first-order valence-electron chi connectivity index (χ1n) is 8.26. The highest BCUT2D eigenvalue weighted by atomic mass is 16.5. The van der Waals surface area contributed by atoms with Crippen LogP contribution in [0.2, 0.25) is 0 Å². The Bertz CT molecular complexity index is 467. The molecule has 0 bridgehead atoms. The molecular formula is C17H25NO4. The third-order valence-electron chi connectivity index (χ3n) is 4.61. The van der Waals surface area contributed by atoms with Gasteiger partial charge in [0, 0.05) is 13.2 Å².